The second-order valence-corrected chi connectivity index (χ2v) is 6.63. The highest BCUT2D eigenvalue weighted by Gasteiger charge is 2.30. The Bertz CT molecular complexity index is 938. The highest BCUT2D eigenvalue weighted by Crippen LogP contribution is 2.42. The first-order chi connectivity index (χ1) is 11.1. The molecule has 0 radical (unpaired) electrons. The lowest BCUT2D eigenvalue weighted by Gasteiger charge is -2.28. The van der Waals surface area contributed by atoms with Gasteiger partial charge in [-0.15, -0.1) is 0 Å². The fraction of sp³-hybridized carbons (Fsp3) is 0.105. The van der Waals surface area contributed by atoms with Crippen LogP contribution in [0.2, 0.25) is 0 Å². The van der Waals surface area contributed by atoms with Crippen LogP contribution in [0.15, 0.2) is 59.1 Å². The molecule has 4 rings (SSSR count). The minimum absolute atomic E-state index is 0.0860. The SMILES string of the molecule is O=C1C[C@H](c2cc(Br)ccc2F)c2c(ccc3ccccc23)N1. The van der Waals surface area contributed by atoms with Gasteiger partial charge in [-0.2, -0.15) is 0 Å². The maximum atomic E-state index is 14.4. The molecule has 1 N–H and O–H groups in total. The molecule has 4 heteroatoms. The van der Waals surface area contributed by atoms with Gasteiger partial charge < -0.3 is 5.32 Å². The van der Waals surface area contributed by atoms with Gasteiger partial charge in [-0.05, 0) is 46.2 Å². The number of amides is 1. The summed E-state index contributed by atoms with van der Waals surface area (Å²) in [4.78, 5) is 12.1. The average Bonchev–Trinajstić information content (AvgIpc) is 2.56. The summed E-state index contributed by atoms with van der Waals surface area (Å²) >= 11 is 3.40. The van der Waals surface area contributed by atoms with E-state index >= 15 is 0 Å². The smallest absolute Gasteiger partial charge is 0.225 e. The molecule has 0 fully saturated rings. The summed E-state index contributed by atoms with van der Waals surface area (Å²) in [7, 11) is 0. The molecule has 0 spiro atoms. The van der Waals surface area contributed by atoms with Crippen molar-refractivity contribution in [2.24, 2.45) is 0 Å². The zero-order chi connectivity index (χ0) is 16.0. The molecule has 1 heterocycles. The largest absolute Gasteiger partial charge is 0.326 e. The number of halogens is 2. The Morgan fingerprint density at radius 2 is 1.91 bits per heavy atom. The number of hydrogen-bond donors (Lipinski definition) is 1. The van der Waals surface area contributed by atoms with Crippen molar-refractivity contribution in [1.29, 1.82) is 0 Å². The van der Waals surface area contributed by atoms with Crippen LogP contribution >= 0.6 is 15.9 Å². The van der Waals surface area contributed by atoms with E-state index in [2.05, 4.69) is 21.2 Å². The summed E-state index contributed by atoms with van der Waals surface area (Å²) in [6.45, 7) is 0. The van der Waals surface area contributed by atoms with Crippen molar-refractivity contribution >= 4 is 38.3 Å². The van der Waals surface area contributed by atoms with Crippen LogP contribution < -0.4 is 5.32 Å². The van der Waals surface area contributed by atoms with Crippen molar-refractivity contribution in [3.05, 3.63) is 76.0 Å². The number of hydrogen-bond acceptors (Lipinski definition) is 1. The monoisotopic (exact) mass is 369 g/mol. The van der Waals surface area contributed by atoms with Gasteiger partial charge in [0.2, 0.25) is 5.91 Å². The van der Waals surface area contributed by atoms with Gasteiger partial charge >= 0.3 is 0 Å². The van der Waals surface area contributed by atoms with Crippen molar-refractivity contribution < 1.29 is 9.18 Å². The van der Waals surface area contributed by atoms with E-state index in [9.17, 15) is 9.18 Å². The first-order valence-corrected chi connectivity index (χ1v) is 8.19. The van der Waals surface area contributed by atoms with Gasteiger partial charge in [0.1, 0.15) is 5.82 Å². The Morgan fingerprint density at radius 3 is 2.78 bits per heavy atom. The normalized spacial score (nSPS) is 17.0. The Labute approximate surface area is 141 Å². The summed E-state index contributed by atoms with van der Waals surface area (Å²) in [6.07, 6.45) is 0.244. The van der Waals surface area contributed by atoms with E-state index in [1.54, 1.807) is 12.1 Å². The van der Waals surface area contributed by atoms with E-state index in [0.717, 1.165) is 26.5 Å². The number of nitrogens with one attached hydrogen (secondary N) is 1. The molecule has 0 bridgehead atoms. The van der Waals surface area contributed by atoms with E-state index in [1.807, 2.05) is 36.4 Å². The molecule has 0 saturated heterocycles. The van der Waals surface area contributed by atoms with Crippen LogP contribution in [0, 0.1) is 5.82 Å². The number of carbonyl (C=O) groups is 1. The quantitative estimate of drug-likeness (QED) is 0.626. The summed E-state index contributed by atoms with van der Waals surface area (Å²) in [5.41, 5.74) is 2.30. The molecule has 2 nitrogen and oxygen atoms in total. The zero-order valence-electron chi connectivity index (χ0n) is 12.1. The Hall–Kier alpha value is -2.20. The molecule has 0 aromatic heterocycles. The van der Waals surface area contributed by atoms with Gasteiger partial charge in [0.25, 0.3) is 0 Å². The molecule has 114 valence electrons. The van der Waals surface area contributed by atoms with E-state index in [-0.39, 0.29) is 24.1 Å². The minimum Gasteiger partial charge on any atom is -0.326 e. The third-order valence-electron chi connectivity index (χ3n) is 4.32. The molecule has 1 aliphatic rings. The topological polar surface area (TPSA) is 29.1 Å². The van der Waals surface area contributed by atoms with Crippen LogP contribution in [-0.2, 0) is 4.79 Å². The molecule has 1 amide bonds. The molecule has 0 unspecified atom stereocenters. The van der Waals surface area contributed by atoms with Gasteiger partial charge in [0, 0.05) is 22.5 Å². The van der Waals surface area contributed by atoms with E-state index in [0.29, 0.717) is 5.56 Å². The van der Waals surface area contributed by atoms with Crippen molar-refractivity contribution in [2.75, 3.05) is 5.32 Å². The van der Waals surface area contributed by atoms with Crippen molar-refractivity contribution in [1.82, 2.24) is 0 Å². The van der Waals surface area contributed by atoms with Crippen LogP contribution in [0.25, 0.3) is 10.8 Å². The molecule has 1 aliphatic heterocycles. The first kappa shape index (κ1) is 14.4. The van der Waals surface area contributed by atoms with Crippen LogP contribution in [0.4, 0.5) is 10.1 Å². The summed E-state index contributed by atoms with van der Waals surface area (Å²) < 4.78 is 15.2. The molecule has 3 aromatic carbocycles. The van der Waals surface area contributed by atoms with E-state index in [4.69, 9.17) is 0 Å². The van der Waals surface area contributed by atoms with Gasteiger partial charge in [0.15, 0.2) is 0 Å². The number of fused-ring (bicyclic) bond motifs is 3. The predicted octanol–water partition coefficient (Wildman–Crippen LogP) is 5.22. The van der Waals surface area contributed by atoms with Gasteiger partial charge in [-0.3, -0.25) is 4.79 Å². The molecule has 3 aromatic rings. The number of benzene rings is 3. The van der Waals surface area contributed by atoms with E-state index in [1.165, 1.54) is 6.07 Å². The fourth-order valence-electron chi connectivity index (χ4n) is 3.32. The fourth-order valence-corrected chi connectivity index (χ4v) is 3.69. The second-order valence-electron chi connectivity index (χ2n) is 5.72. The van der Waals surface area contributed by atoms with Crippen molar-refractivity contribution in [3.63, 3.8) is 0 Å². The van der Waals surface area contributed by atoms with Crippen LogP contribution in [0.3, 0.4) is 0 Å². The summed E-state index contributed by atoms with van der Waals surface area (Å²) in [6, 6.07) is 16.8. The molecular formula is C19H13BrFNO. The lowest BCUT2D eigenvalue weighted by molar-refractivity contribution is -0.116. The lowest BCUT2D eigenvalue weighted by Crippen LogP contribution is -2.24. The zero-order valence-corrected chi connectivity index (χ0v) is 13.7. The molecule has 23 heavy (non-hydrogen) atoms. The van der Waals surface area contributed by atoms with Gasteiger partial charge in [-0.1, -0.05) is 46.3 Å². The van der Waals surface area contributed by atoms with E-state index < -0.39 is 0 Å². The number of anilines is 1. The number of rotatable bonds is 1. The second kappa shape index (κ2) is 5.46. The Morgan fingerprint density at radius 1 is 1.09 bits per heavy atom. The highest BCUT2D eigenvalue weighted by atomic mass is 79.9. The Kier molecular flexibility index (Phi) is 3.42. The maximum Gasteiger partial charge on any atom is 0.225 e. The van der Waals surface area contributed by atoms with Gasteiger partial charge in [-0.25, -0.2) is 4.39 Å². The van der Waals surface area contributed by atoms with Crippen LogP contribution in [0.5, 0.6) is 0 Å². The predicted molar refractivity (Wildman–Crippen MR) is 93.1 cm³/mol. The average molecular weight is 370 g/mol. The Balaban J connectivity index is 2.01. The first-order valence-electron chi connectivity index (χ1n) is 7.40. The van der Waals surface area contributed by atoms with Crippen LogP contribution in [-0.4, -0.2) is 5.91 Å². The van der Waals surface area contributed by atoms with Crippen molar-refractivity contribution in [2.45, 2.75) is 12.3 Å². The highest BCUT2D eigenvalue weighted by molar-refractivity contribution is 9.10. The third-order valence-corrected chi connectivity index (χ3v) is 4.81. The summed E-state index contributed by atoms with van der Waals surface area (Å²) in [5.74, 6) is -0.661. The molecular weight excluding hydrogens is 357 g/mol. The minimum atomic E-state index is -0.289. The van der Waals surface area contributed by atoms with Gasteiger partial charge in [0.05, 0.1) is 0 Å². The number of carbonyl (C=O) groups excluding carboxylic acids is 1. The molecule has 0 aliphatic carbocycles. The van der Waals surface area contributed by atoms with Crippen LogP contribution in [0.1, 0.15) is 23.5 Å². The maximum absolute atomic E-state index is 14.4. The van der Waals surface area contributed by atoms with Crippen molar-refractivity contribution in [3.8, 4) is 0 Å². The lowest BCUT2D eigenvalue weighted by atomic mass is 9.82. The summed E-state index contributed by atoms with van der Waals surface area (Å²) in [5, 5.41) is 5.05. The molecule has 0 saturated carbocycles. The standard InChI is InChI=1S/C19H13BrFNO/c20-12-6-7-16(21)14(9-12)15-10-18(23)22-17-8-5-11-3-1-2-4-13(11)19(15)17/h1-9,15H,10H2,(H,22,23)/t15-/m1/s1. The third kappa shape index (κ3) is 2.43. The molecule has 1 atom stereocenters.